The van der Waals surface area contributed by atoms with Crippen LogP contribution in [0, 0.1) is 5.92 Å². The van der Waals surface area contributed by atoms with E-state index in [1.54, 1.807) is 11.8 Å². The topological polar surface area (TPSA) is 49.3 Å². The number of hydrogen-bond donors (Lipinski definition) is 2. The van der Waals surface area contributed by atoms with Crippen molar-refractivity contribution in [2.75, 3.05) is 5.75 Å². The Kier molecular flexibility index (Phi) is 4.06. The highest BCUT2D eigenvalue weighted by atomic mass is 32.2. The van der Waals surface area contributed by atoms with E-state index in [4.69, 9.17) is 5.11 Å². The number of carbonyl (C=O) groups is 1. The zero-order valence-corrected chi connectivity index (χ0v) is 8.93. The molecule has 0 aromatic carbocycles. The Bertz CT molecular complexity index is 186. The Morgan fingerprint density at radius 3 is 2.92 bits per heavy atom. The van der Waals surface area contributed by atoms with Gasteiger partial charge >= 0.3 is 5.97 Å². The van der Waals surface area contributed by atoms with E-state index in [-0.39, 0.29) is 6.04 Å². The average molecular weight is 203 g/mol. The van der Waals surface area contributed by atoms with E-state index in [9.17, 15) is 4.79 Å². The van der Waals surface area contributed by atoms with E-state index in [1.807, 2.05) is 0 Å². The average Bonchev–Trinajstić information content (AvgIpc) is 2.52. The van der Waals surface area contributed by atoms with Crippen LogP contribution in [-0.2, 0) is 4.79 Å². The molecule has 3 atom stereocenters. The summed E-state index contributed by atoms with van der Waals surface area (Å²) in [6.07, 6.45) is 2.33. The summed E-state index contributed by atoms with van der Waals surface area (Å²) >= 11 is 1.73. The van der Waals surface area contributed by atoms with E-state index in [2.05, 4.69) is 19.2 Å². The molecule has 0 aromatic rings. The molecule has 76 valence electrons. The van der Waals surface area contributed by atoms with E-state index in [0.29, 0.717) is 17.0 Å². The summed E-state index contributed by atoms with van der Waals surface area (Å²) in [4.78, 5) is 10.7. The van der Waals surface area contributed by atoms with Crippen LogP contribution in [0.5, 0.6) is 0 Å². The van der Waals surface area contributed by atoms with Crippen LogP contribution in [0.25, 0.3) is 0 Å². The van der Waals surface area contributed by atoms with Gasteiger partial charge in [0.2, 0.25) is 0 Å². The van der Waals surface area contributed by atoms with Gasteiger partial charge in [-0.1, -0.05) is 20.3 Å². The van der Waals surface area contributed by atoms with Gasteiger partial charge in [0.25, 0.3) is 0 Å². The Morgan fingerprint density at radius 1 is 1.77 bits per heavy atom. The van der Waals surface area contributed by atoms with Crippen molar-refractivity contribution >= 4 is 17.7 Å². The van der Waals surface area contributed by atoms with E-state index in [0.717, 1.165) is 12.8 Å². The number of rotatable bonds is 4. The first-order valence-corrected chi connectivity index (χ1v) is 5.80. The summed E-state index contributed by atoms with van der Waals surface area (Å²) in [5.41, 5.74) is 0. The minimum atomic E-state index is -0.723. The zero-order valence-electron chi connectivity index (χ0n) is 8.12. The maximum absolute atomic E-state index is 10.7. The number of nitrogens with one attached hydrogen (secondary N) is 1. The first kappa shape index (κ1) is 10.9. The number of carboxylic acids is 1. The van der Waals surface area contributed by atoms with Crippen LogP contribution >= 0.6 is 11.8 Å². The lowest BCUT2D eigenvalue weighted by atomic mass is 10.1. The molecule has 1 rings (SSSR count). The Balaban J connectivity index is 2.35. The molecule has 13 heavy (non-hydrogen) atoms. The molecule has 1 heterocycles. The summed E-state index contributed by atoms with van der Waals surface area (Å²) in [6, 6.07) is -0.339. The molecular formula is C9H17NO2S. The zero-order chi connectivity index (χ0) is 9.84. The van der Waals surface area contributed by atoms with E-state index >= 15 is 0 Å². The number of hydrogen-bond acceptors (Lipinski definition) is 3. The van der Waals surface area contributed by atoms with E-state index in [1.165, 1.54) is 0 Å². The number of thioether (sulfide) groups is 1. The fourth-order valence-electron chi connectivity index (χ4n) is 1.57. The van der Waals surface area contributed by atoms with Crippen molar-refractivity contribution < 1.29 is 9.90 Å². The highest BCUT2D eigenvalue weighted by Gasteiger charge is 2.31. The first-order chi connectivity index (χ1) is 6.15. The lowest BCUT2D eigenvalue weighted by molar-refractivity contribution is -0.138. The molecule has 1 aliphatic heterocycles. The summed E-state index contributed by atoms with van der Waals surface area (Å²) in [7, 11) is 0. The van der Waals surface area contributed by atoms with Gasteiger partial charge in [0.1, 0.15) is 6.04 Å². The molecule has 3 nitrogen and oxygen atoms in total. The van der Waals surface area contributed by atoms with Crippen LogP contribution in [0.15, 0.2) is 0 Å². The molecule has 0 radical (unpaired) electrons. The van der Waals surface area contributed by atoms with Gasteiger partial charge in [0, 0.05) is 5.75 Å². The van der Waals surface area contributed by atoms with Crippen LogP contribution in [-0.4, -0.2) is 28.2 Å². The van der Waals surface area contributed by atoms with Gasteiger partial charge in [-0.2, -0.15) is 0 Å². The highest BCUT2D eigenvalue weighted by Crippen LogP contribution is 2.27. The SMILES string of the molecule is CCCC(C)C1N[C@H](C(=O)O)CS1. The molecule has 0 saturated carbocycles. The molecule has 0 aliphatic carbocycles. The molecule has 2 N–H and O–H groups in total. The van der Waals surface area contributed by atoms with Gasteiger partial charge in [-0.15, -0.1) is 11.8 Å². The van der Waals surface area contributed by atoms with Crippen molar-refractivity contribution in [1.29, 1.82) is 0 Å². The fourth-order valence-corrected chi connectivity index (χ4v) is 2.94. The Labute approximate surface area is 83.3 Å². The van der Waals surface area contributed by atoms with E-state index < -0.39 is 5.97 Å². The lowest BCUT2D eigenvalue weighted by Gasteiger charge is -2.18. The number of aliphatic carboxylic acids is 1. The summed E-state index contributed by atoms with van der Waals surface area (Å²) in [6.45, 7) is 4.34. The fraction of sp³-hybridized carbons (Fsp3) is 0.889. The molecule has 1 aliphatic rings. The molecule has 0 aromatic heterocycles. The van der Waals surface area contributed by atoms with Gasteiger partial charge < -0.3 is 5.11 Å². The second-order valence-corrected chi connectivity index (χ2v) is 4.75. The summed E-state index contributed by atoms with van der Waals surface area (Å²) in [5.74, 6) is 0.548. The first-order valence-electron chi connectivity index (χ1n) is 4.75. The summed E-state index contributed by atoms with van der Waals surface area (Å²) in [5, 5.41) is 12.2. The standard InChI is InChI=1S/C9H17NO2S/c1-3-4-6(2)8-10-7(5-13-8)9(11)12/h6-8,10H,3-5H2,1-2H3,(H,11,12)/t6?,7-,8?/m0/s1. The largest absolute Gasteiger partial charge is 0.480 e. The molecule has 0 amide bonds. The highest BCUT2D eigenvalue weighted by molar-refractivity contribution is 8.00. The van der Waals surface area contributed by atoms with Gasteiger partial charge in [-0.05, 0) is 12.3 Å². The predicted molar refractivity (Wildman–Crippen MR) is 54.9 cm³/mol. The molecule has 0 bridgehead atoms. The maximum Gasteiger partial charge on any atom is 0.321 e. The second kappa shape index (κ2) is 4.86. The van der Waals surface area contributed by atoms with Crippen molar-refractivity contribution in [2.24, 2.45) is 5.92 Å². The van der Waals surface area contributed by atoms with Crippen LogP contribution in [0.1, 0.15) is 26.7 Å². The molecule has 2 unspecified atom stereocenters. The van der Waals surface area contributed by atoms with Crippen LogP contribution in [0.2, 0.25) is 0 Å². The van der Waals surface area contributed by atoms with Gasteiger partial charge in [-0.25, -0.2) is 0 Å². The predicted octanol–water partition coefficient (Wildman–Crippen LogP) is 1.54. The van der Waals surface area contributed by atoms with Gasteiger partial charge in [-0.3, -0.25) is 10.1 Å². The van der Waals surface area contributed by atoms with Crippen molar-refractivity contribution in [2.45, 2.75) is 38.1 Å². The molecular weight excluding hydrogens is 186 g/mol. The van der Waals surface area contributed by atoms with Crippen molar-refractivity contribution in [3.8, 4) is 0 Å². The second-order valence-electron chi connectivity index (χ2n) is 3.58. The van der Waals surface area contributed by atoms with Crippen LogP contribution in [0.4, 0.5) is 0 Å². The Hall–Kier alpha value is -0.220. The molecule has 1 saturated heterocycles. The maximum atomic E-state index is 10.7. The lowest BCUT2D eigenvalue weighted by Crippen LogP contribution is -2.38. The normalized spacial score (nSPS) is 30.3. The number of carboxylic acid groups (broad SMARTS) is 1. The van der Waals surface area contributed by atoms with Crippen molar-refractivity contribution in [1.82, 2.24) is 5.32 Å². The minimum absolute atomic E-state index is 0.334. The van der Waals surface area contributed by atoms with Crippen LogP contribution < -0.4 is 5.32 Å². The molecule has 1 fully saturated rings. The van der Waals surface area contributed by atoms with Crippen molar-refractivity contribution in [3.05, 3.63) is 0 Å². The van der Waals surface area contributed by atoms with Crippen LogP contribution in [0.3, 0.4) is 0 Å². The minimum Gasteiger partial charge on any atom is -0.480 e. The van der Waals surface area contributed by atoms with Gasteiger partial charge in [0.05, 0.1) is 5.37 Å². The Morgan fingerprint density at radius 2 is 2.46 bits per heavy atom. The monoisotopic (exact) mass is 203 g/mol. The smallest absolute Gasteiger partial charge is 0.321 e. The van der Waals surface area contributed by atoms with Gasteiger partial charge in [0.15, 0.2) is 0 Å². The molecule has 4 heteroatoms. The summed E-state index contributed by atoms with van der Waals surface area (Å²) < 4.78 is 0. The van der Waals surface area contributed by atoms with Crippen molar-refractivity contribution in [3.63, 3.8) is 0 Å². The quantitative estimate of drug-likeness (QED) is 0.727. The third-order valence-electron chi connectivity index (χ3n) is 2.37. The third-order valence-corrected chi connectivity index (χ3v) is 3.85. The third kappa shape index (κ3) is 2.88. The molecule has 0 spiro atoms.